The highest BCUT2D eigenvalue weighted by molar-refractivity contribution is 14.0. The standard InChI is InChI=1S/C21H35N5O3.HI/c1-20(2,3)26-17(27)14-24-18(22-7)23-13-12-15-8-10-16(11-9-15)25-19(28)29-21(4,5)6;/h8-11H,12-14H2,1-7H3,(H,25,28)(H,26,27)(H2,22,23,24);1H. The van der Waals surface area contributed by atoms with E-state index in [1.165, 1.54) is 0 Å². The summed E-state index contributed by atoms with van der Waals surface area (Å²) >= 11 is 0. The van der Waals surface area contributed by atoms with Gasteiger partial charge in [-0.1, -0.05) is 12.1 Å². The number of guanidine groups is 1. The van der Waals surface area contributed by atoms with Crippen LogP contribution in [0.3, 0.4) is 0 Å². The quantitative estimate of drug-likeness (QED) is 0.255. The van der Waals surface area contributed by atoms with Crippen LogP contribution in [0.5, 0.6) is 0 Å². The molecule has 9 heteroatoms. The molecule has 0 saturated carbocycles. The largest absolute Gasteiger partial charge is 0.444 e. The lowest BCUT2D eigenvalue weighted by atomic mass is 10.1. The molecule has 0 bridgehead atoms. The van der Waals surface area contributed by atoms with Crippen LogP contribution in [0, 0.1) is 0 Å². The van der Waals surface area contributed by atoms with E-state index in [2.05, 4.69) is 26.3 Å². The van der Waals surface area contributed by atoms with Crippen molar-refractivity contribution in [3.05, 3.63) is 29.8 Å². The monoisotopic (exact) mass is 533 g/mol. The molecule has 0 fully saturated rings. The summed E-state index contributed by atoms with van der Waals surface area (Å²) in [6.07, 6.45) is 0.291. The second-order valence-electron chi connectivity index (χ2n) is 8.72. The molecule has 8 nitrogen and oxygen atoms in total. The number of nitrogens with one attached hydrogen (secondary N) is 4. The Bertz CT molecular complexity index is 707. The van der Waals surface area contributed by atoms with Crippen molar-refractivity contribution in [2.24, 2.45) is 4.99 Å². The minimum atomic E-state index is -0.532. The molecule has 170 valence electrons. The number of anilines is 1. The van der Waals surface area contributed by atoms with Crippen molar-refractivity contribution in [2.45, 2.75) is 59.1 Å². The molecule has 1 aromatic rings. The van der Waals surface area contributed by atoms with Gasteiger partial charge in [-0.15, -0.1) is 24.0 Å². The number of nitrogens with zero attached hydrogens (tertiary/aromatic N) is 1. The summed E-state index contributed by atoms with van der Waals surface area (Å²) in [5, 5.41) is 11.8. The van der Waals surface area contributed by atoms with Gasteiger partial charge in [-0.05, 0) is 65.7 Å². The maximum absolute atomic E-state index is 11.9. The highest BCUT2D eigenvalue weighted by atomic mass is 127. The number of carbonyl (C=O) groups excluding carboxylic acids is 2. The fourth-order valence-corrected chi connectivity index (χ4v) is 2.35. The van der Waals surface area contributed by atoms with Gasteiger partial charge in [-0.25, -0.2) is 4.79 Å². The first-order chi connectivity index (χ1) is 13.4. The van der Waals surface area contributed by atoms with E-state index in [1.807, 2.05) is 65.8 Å². The van der Waals surface area contributed by atoms with Crippen molar-refractivity contribution in [1.29, 1.82) is 0 Å². The number of carbonyl (C=O) groups is 2. The fourth-order valence-electron chi connectivity index (χ4n) is 2.35. The van der Waals surface area contributed by atoms with Crippen LogP contribution >= 0.6 is 24.0 Å². The zero-order valence-corrected chi connectivity index (χ0v) is 21.3. The minimum Gasteiger partial charge on any atom is -0.444 e. The van der Waals surface area contributed by atoms with Gasteiger partial charge in [-0.2, -0.15) is 0 Å². The molecule has 0 aliphatic rings. The van der Waals surface area contributed by atoms with Crippen LogP contribution < -0.4 is 21.3 Å². The van der Waals surface area contributed by atoms with Crippen molar-refractivity contribution in [3.63, 3.8) is 0 Å². The Morgan fingerprint density at radius 2 is 1.60 bits per heavy atom. The third-order valence-electron chi connectivity index (χ3n) is 3.46. The Kier molecular flexibility index (Phi) is 11.8. The number of ether oxygens (including phenoxy) is 1. The molecule has 0 saturated heterocycles. The zero-order valence-electron chi connectivity index (χ0n) is 19.0. The van der Waals surface area contributed by atoms with Crippen molar-refractivity contribution in [1.82, 2.24) is 16.0 Å². The van der Waals surface area contributed by atoms with E-state index in [0.717, 1.165) is 12.0 Å². The molecule has 0 unspecified atom stereocenters. The molecular weight excluding hydrogens is 497 g/mol. The van der Waals surface area contributed by atoms with Gasteiger partial charge in [0.25, 0.3) is 0 Å². The predicted octanol–water partition coefficient (Wildman–Crippen LogP) is 3.27. The minimum absolute atomic E-state index is 0. The van der Waals surface area contributed by atoms with Gasteiger partial charge in [-0.3, -0.25) is 15.1 Å². The molecule has 0 spiro atoms. The van der Waals surface area contributed by atoms with Gasteiger partial charge in [0, 0.05) is 24.8 Å². The molecule has 1 aromatic carbocycles. The summed E-state index contributed by atoms with van der Waals surface area (Å²) in [4.78, 5) is 27.8. The fraction of sp³-hybridized carbons (Fsp3) is 0.571. The first-order valence-electron chi connectivity index (χ1n) is 9.72. The lowest BCUT2D eigenvalue weighted by Crippen LogP contribution is -2.48. The summed E-state index contributed by atoms with van der Waals surface area (Å²) in [5.41, 5.74) is 0.988. The average molecular weight is 533 g/mol. The Labute approximate surface area is 197 Å². The summed E-state index contributed by atoms with van der Waals surface area (Å²) in [7, 11) is 1.66. The van der Waals surface area contributed by atoms with Crippen LogP contribution in [0.15, 0.2) is 29.3 Å². The highest BCUT2D eigenvalue weighted by Gasteiger charge is 2.16. The van der Waals surface area contributed by atoms with E-state index in [-0.39, 0.29) is 42.0 Å². The smallest absolute Gasteiger partial charge is 0.412 e. The number of halogens is 1. The van der Waals surface area contributed by atoms with E-state index in [9.17, 15) is 9.59 Å². The van der Waals surface area contributed by atoms with Gasteiger partial charge >= 0.3 is 6.09 Å². The number of aliphatic imine (C=N–C) groups is 1. The van der Waals surface area contributed by atoms with Crippen LogP contribution in [0.1, 0.15) is 47.1 Å². The van der Waals surface area contributed by atoms with Gasteiger partial charge < -0.3 is 20.7 Å². The molecule has 0 aromatic heterocycles. The molecule has 0 radical (unpaired) electrons. The van der Waals surface area contributed by atoms with Crippen LogP contribution in [0.2, 0.25) is 0 Å². The number of hydrogen-bond acceptors (Lipinski definition) is 4. The number of rotatable bonds is 6. The molecule has 2 amide bonds. The van der Waals surface area contributed by atoms with Crippen LogP contribution in [0.4, 0.5) is 10.5 Å². The van der Waals surface area contributed by atoms with Crippen LogP contribution in [-0.4, -0.2) is 49.2 Å². The van der Waals surface area contributed by atoms with E-state index >= 15 is 0 Å². The third-order valence-corrected chi connectivity index (χ3v) is 3.46. The summed E-state index contributed by atoms with van der Waals surface area (Å²) in [6, 6.07) is 7.56. The molecule has 0 heterocycles. The maximum Gasteiger partial charge on any atom is 0.412 e. The van der Waals surface area contributed by atoms with E-state index in [4.69, 9.17) is 4.74 Å². The summed E-state index contributed by atoms with van der Waals surface area (Å²) in [6.45, 7) is 12.1. The Balaban J connectivity index is 0.00000841. The normalized spacial score (nSPS) is 11.8. The molecule has 0 atom stereocenters. The summed E-state index contributed by atoms with van der Waals surface area (Å²) < 4.78 is 5.23. The van der Waals surface area contributed by atoms with Crippen molar-refractivity contribution in [3.8, 4) is 0 Å². The molecule has 30 heavy (non-hydrogen) atoms. The topological polar surface area (TPSA) is 104 Å². The second-order valence-corrected chi connectivity index (χ2v) is 8.72. The maximum atomic E-state index is 11.9. The van der Waals surface area contributed by atoms with Crippen molar-refractivity contribution < 1.29 is 14.3 Å². The van der Waals surface area contributed by atoms with Crippen LogP contribution in [0.25, 0.3) is 0 Å². The van der Waals surface area contributed by atoms with Crippen molar-refractivity contribution in [2.75, 3.05) is 25.5 Å². The van der Waals surface area contributed by atoms with Crippen LogP contribution in [-0.2, 0) is 16.0 Å². The van der Waals surface area contributed by atoms with Gasteiger partial charge in [0.05, 0.1) is 6.54 Å². The summed E-state index contributed by atoms with van der Waals surface area (Å²) in [5.74, 6) is 0.478. The lowest BCUT2D eigenvalue weighted by Gasteiger charge is -2.21. The molecule has 0 aliphatic carbocycles. The molecule has 0 aliphatic heterocycles. The SMILES string of the molecule is CN=C(NCCc1ccc(NC(=O)OC(C)(C)C)cc1)NCC(=O)NC(C)(C)C.I. The molecule has 1 rings (SSSR count). The van der Waals surface area contributed by atoms with Gasteiger partial charge in [0.2, 0.25) is 5.91 Å². The number of hydrogen-bond donors (Lipinski definition) is 4. The molecule has 4 N–H and O–H groups in total. The van der Waals surface area contributed by atoms with Crippen molar-refractivity contribution >= 4 is 47.6 Å². The zero-order chi connectivity index (χ0) is 22.1. The van der Waals surface area contributed by atoms with Gasteiger partial charge in [0.15, 0.2) is 5.96 Å². The average Bonchev–Trinajstić information content (AvgIpc) is 2.56. The first-order valence-corrected chi connectivity index (χ1v) is 9.72. The first kappa shape index (κ1) is 28.0. The predicted molar refractivity (Wildman–Crippen MR) is 133 cm³/mol. The third kappa shape index (κ3) is 13.2. The highest BCUT2D eigenvalue weighted by Crippen LogP contribution is 2.13. The van der Waals surface area contributed by atoms with E-state index < -0.39 is 11.7 Å². The van der Waals surface area contributed by atoms with Gasteiger partial charge in [0.1, 0.15) is 5.60 Å². The Morgan fingerprint density at radius 3 is 2.10 bits per heavy atom. The Hall–Kier alpha value is -2.04. The number of amides is 2. The Morgan fingerprint density at radius 1 is 1.00 bits per heavy atom. The van der Waals surface area contributed by atoms with E-state index in [1.54, 1.807) is 7.05 Å². The van der Waals surface area contributed by atoms with E-state index in [0.29, 0.717) is 18.2 Å². The number of benzene rings is 1. The lowest BCUT2D eigenvalue weighted by molar-refractivity contribution is -0.121. The molecular formula is C21H36IN5O3. The second kappa shape index (κ2) is 12.6.